The van der Waals surface area contributed by atoms with Crippen molar-refractivity contribution in [3.05, 3.63) is 52.3 Å². The summed E-state index contributed by atoms with van der Waals surface area (Å²) in [5.74, 6) is 1.28. The number of nitrogens with zero attached hydrogens (tertiary/aromatic N) is 2. The van der Waals surface area contributed by atoms with Crippen LogP contribution in [-0.2, 0) is 6.54 Å². The summed E-state index contributed by atoms with van der Waals surface area (Å²) in [5, 5.41) is 0. The molecule has 6 heteroatoms. The molecule has 2 aromatic carbocycles. The monoisotopic (exact) mass is 368 g/mol. The normalized spacial score (nSPS) is 14.0. The Morgan fingerprint density at radius 3 is 2.54 bits per heavy atom. The van der Waals surface area contributed by atoms with Crippen molar-refractivity contribution in [2.75, 3.05) is 13.2 Å². The Bertz CT molecular complexity index is 1030. The Kier molecular flexibility index (Phi) is 4.51. The number of carbonyl (C=O) groups is 1. The van der Waals surface area contributed by atoms with E-state index in [0.29, 0.717) is 23.6 Å². The van der Waals surface area contributed by atoms with Crippen LogP contribution in [0.2, 0.25) is 0 Å². The summed E-state index contributed by atoms with van der Waals surface area (Å²) in [6.45, 7) is 6.01. The molecule has 0 radical (unpaired) electrons. The van der Waals surface area contributed by atoms with E-state index in [1.54, 1.807) is 0 Å². The molecule has 4 rings (SSSR count). The minimum absolute atomic E-state index is 0.223. The Balaban J connectivity index is 1.84. The van der Waals surface area contributed by atoms with E-state index in [2.05, 4.69) is 16.5 Å². The van der Waals surface area contributed by atoms with Gasteiger partial charge in [-0.1, -0.05) is 36.0 Å². The third-order valence-electron chi connectivity index (χ3n) is 4.29. The van der Waals surface area contributed by atoms with Gasteiger partial charge in [0.25, 0.3) is 5.91 Å². The van der Waals surface area contributed by atoms with Crippen LogP contribution in [-0.4, -0.2) is 23.7 Å². The van der Waals surface area contributed by atoms with Crippen LogP contribution in [0, 0.1) is 6.92 Å². The number of rotatable bonds is 3. The zero-order valence-corrected chi connectivity index (χ0v) is 15.6. The van der Waals surface area contributed by atoms with Crippen molar-refractivity contribution < 1.29 is 14.3 Å². The number of thiazole rings is 1. The molecule has 26 heavy (non-hydrogen) atoms. The van der Waals surface area contributed by atoms with Gasteiger partial charge in [-0.15, -0.1) is 0 Å². The first kappa shape index (κ1) is 16.8. The summed E-state index contributed by atoms with van der Waals surface area (Å²) in [6, 6.07) is 11.5. The van der Waals surface area contributed by atoms with Crippen LogP contribution in [0.25, 0.3) is 10.2 Å². The van der Waals surface area contributed by atoms with E-state index in [-0.39, 0.29) is 5.91 Å². The van der Waals surface area contributed by atoms with Gasteiger partial charge in [-0.05, 0) is 25.5 Å². The predicted octanol–water partition coefficient (Wildman–Crippen LogP) is 3.93. The molecule has 0 N–H and O–H groups in total. The average molecular weight is 368 g/mol. The number of carbonyl (C=O) groups excluding carboxylic acids is 1. The number of aryl methyl sites for hydroxylation is 2. The molecule has 1 amide bonds. The number of fused-ring (bicyclic) bond motifs is 2. The van der Waals surface area contributed by atoms with Gasteiger partial charge in [0.05, 0.1) is 10.2 Å². The van der Waals surface area contributed by atoms with Crippen LogP contribution in [0.3, 0.4) is 0 Å². The summed E-state index contributed by atoms with van der Waals surface area (Å²) in [7, 11) is 0. The van der Waals surface area contributed by atoms with E-state index in [1.165, 1.54) is 11.3 Å². The summed E-state index contributed by atoms with van der Waals surface area (Å²) < 4.78 is 14.5. The first-order chi connectivity index (χ1) is 12.7. The van der Waals surface area contributed by atoms with Crippen LogP contribution in [0.15, 0.2) is 41.4 Å². The number of benzene rings is 2. The zero-order chi connectivity index (χ0) is 18.1. The maximum absolute atomic E-state index is 12.6. The molecule has 0 bridgehead atoms. The fraction of sp³-hybridized carbons (Fsp3) is 0.300. The van der Waals surface area contributed by atoms with Crippen molar-refractivity contribution in [3.8, 4) is 11.5 Å². The second kappa shape index (κ2) is 6.96. The molecule has 2 heterocycles. The van der Waals surface area contributed by atoms with E-state index < -0.39 is 0 Å². The molecule has 0 saturated carbocycles. The number of hydrogen-bond acceptors (Lipinski definition) is 4. The minimum atomic E-state index is -0.223. The highest BCUT2D eigenvalue weighted by Crippen LogP contribution is 2.35. The molecule has 0 saturated heterocycles. The van der Waals surface area contributed by atoms with Gasteiger partial charge in [0.2, 0.25) is 0 Å². The lowest BCUT2D eigenvalue weighted by atomic mass is 10.1. The largest absolute Gasteiger partial charge is 0.486 e. The summed E-state index contributed by atoms with van der Waals surface area (Å²) in [4.78, 5) is 17.7. The number of aromatic nitrogens is 1. The number of amides is 1. The quantitative estimate of drug-likeness (QED) is 0.704. The molecule has 5 nitrogen and oxygen atoms in total. The molecule has 134 valence electrons. The van der Waals surface area contributed by atoms with Gasteiger partial charge in [0.15, 0.2) is 16.3 Å². The van der Waals surface area contributed by atoms with Crippen molar-refractivity contribution in [3.63, 3.8) is 0 Å². The van der Waals surface area contributed by atoms with Gasteiger partial charge in [0.1, 0.15) is 13.2 Å². The average Bonchev–Trinajstić information content (AvgIpc) is 2.97. The molecule has 1 aliphatic rings. The second-order valence-corrected chi connectivity index (χ2v) is 7.29. The van der Waals surface area contributed by atoms with Gasteiger partial charge in [-0.2, -0.15) is 4.99 Å². The Morgan fingerprint density at radius 2 is 1.85 bits per heavy atom. The highest BCUT2D eigenvalue weighted by molar-refractivity contribution is 7.16. The molecular formula is C20H20N2O3S. The van der Waals surface area contributed by atoms with Crippen LogP contribution in [0.1, 0.15) is 29.3 Å². The lowest BCUT2D eigenvalue weighted by molar-refractivity contribution is 0.0998. The zero-order valence-electron chi connectivity index (χ0n) is 14.8. The van der Waals surface area contributed by atoms with Gasteiger partial charge in [-0.3, -0.25) is 4.79 Å². The Morgan fingerprint density at radius 1 is 1.15 bits per heavy atom. The van der Waals surface area contributed by atoms with Gasteiger partial charge in [-0.25, -0.2) is 0 Å². The molecule has 0 unspecified atom stereocenters. The maximum atomic E-state index is 12.6. The highest BCUT2D eigenvalue weighted by atomic mass is 32.1. The van der Waals surface area contributed by atoms with E-state index in [1.807, 2.05) is 43.3 Å². The summed E-state index contributed by atoms with van der Waals surface area (Å²) in [6.07, 6.45) is 0.951. The molecule has 0 aliphatic carbocycles. The van der Waals surface area contributed by atoms with E-state index in [9.17, 15) is 4.79 Å². The smallest absolute Gasteiger partial charge is 0.279 e. The van der Waals surface area contributed by atoms with Crippen LogP contribution < -0.4 is 14.3 Å². The molecule has 1 aliphatic heterocycles. The van der Waals surface area contributed by atoms with Gasteiger partial charge < -0.3 is 14.0 Å². The summed E-state index contributed by atoms with van der Waals surface area (Å²) >= 11 is 1.50. The SMILES string of the molecule is CCCn1c(=NC(=O)c2ccc(C)cc2)sc2cc3c(cc21)OCCO3. The van der Waals surface area contributed by atoms with E-state index in [0.717, 1.165) is 40.2 Å². The van der Waals surface area contributed by atoms with E-state index in [4.69, 9.17) is 9.47 Å². The van der Waals surface area contributed by atoms with Crippen LogP contribution in [0.5, 0.6) is 11.5 Å². The Labute approximate surface area is 155 Å². The van der Waals surface area contributed by atoms with E-state index >= 15 is 0 Å². The lowest BCUT2D eigenvalue weighted by Crippen LogP contribution is -2.17. The van der Waals surface area contributed by atoms with Crippen LogP contribution >= 0.6 is 11.3 Å². The van der Waals surface area contributed by atoms with Crippen molar-refractivity contribution in [2.24, 2.45) is 4.99 Å². The minimum Gasteiger partial charge on any atom is -0.486 e. The fourth-order valence-corrected chi connectivity index (χ4v) is 4.04. The van der Waals surface area contributed by atoms with Crippen LogP contribution in [0.4, 0.5) is 0 Å². The third kappa shape index (κ3) is 3.12. The maximum Gasteiger partial charge on any atom is 0.279 e. The number of ether oxygens (including phenoxy) is 2. The molecule has 3 aromatic rings. The molecule has 1 aromatic heterocycles. The molecular weight excluding hydrogens is 348 g/mol. The second-order valence-electron chi connectivity index (χ2n) is 6.28. The highest BCUT2D eigenvalue weighted by Gasteiger charge is 2.16. The molecule has 0 spiro atoms. The van der Waals surface area contributed by atoms with Gasteiger partial charge >= 0.3 is 0 Å². The first-order valence-corrected chi connectivity index (χ1v) is 9.56. The standard InChI is InChI=1S/C20H20N2O3S/c1-3-8-22-15-11-16-17(25-10-9-24-16)12-18(15)26-20(22)21-19(23)14-6-4-13(2)5-7-14/h4-7,11-12H,3,8-10H2,1-2H3. The van der Waals surface area contributed by atoms with Crippen molar-refractivity contribution >= 4 is 27.5 Å². The van der Waals surface area contributed by atoms with Gasteiger partial charge in [0, 0.05) is 24.2 Å². The molecule has 0 fully saturated rings. The molecule has 0 atom stereocenters. The fourth-order valence-electron chi connectivity index (χ4n) is 2.98. The van der Waals surface area contributed by atoms with Crippen molar-refractivity contribution in [1.29, 1.82) is 0 Å². The lowest BCUT2D eigenvalue weighted by Gasteiger charge is -2.18. The first-order valence-electron chi connectivity index (χ1n) is 8.74. The predicted molar refractivity (Wildman–Crippen MR) is 102 cm³/mol. The van der Waals surface area contributed by atoms with Crippen molar-refractivity contribution in [2.45, 2.75) is 26.8 Å². The Hall–Kier alpha value is -2.60. The van der Waals surface area contributed by atoms with Crippen molar-refractivity contribution in [1.82, 2.24) is 4.57 Å². The topological polar surface area (TPSA) is 52.8 Å². The number of hydrogen-bond donors (Lipinski definition) is 0. The summed E-state index contributed by atoms with van der Waals surface area (Å²) in [5.41, 5.74) is 2.74. The third-order valence-corrected chi connectivity index (χ3v) is 5.33.